The van der Waals surface area contributed by atoms with E-state index in [1.807, 2.05) is 0 Å². The fraction of sp³-hybridized carbons (Fsp3) is 0.571. The standard InChI is InChI=1S/C14H19F2NO/c1-14(2)6-5-11(17)13(8-14)18-12-4-3-9(15)7-10(12)16/h3-4,7,11,13H,5-6,8,17H2,1-2H3. The Kier molecular flexibility index (Phi) is 3.57. The second-order valence-corrected chi connectivity index (χ2v) is 5.80. The zero-order chi connectivity index (χ0) is 13.3. The molecule has 0 spiro atoms. The van der Waals surface area contributed by atoms with E-state index in [9.17, 15) is 8.78 Å². The molecule has 0 aliphatic heterocycles. The van der Waals surface area contributed by atoms with Crippen LogP contribution in [0.5, 0.6) is 5.75 Å². The minimum atomic E-state index is -0.675. The number of ether oxygens (including phenoxy) is 1. The van der Waals surface area contributed by atoms with Crippen molar-refractivity contribution in [2.75, 3.05) is 0 Å². The third-order valence-corrected chi connectivity index (χ3v) is 3.56. The Hall–Kier alpha value is -1.16. The molecule has 2 atom stereocenters. The van der Waals surface area contributed by atoms with E-state index in [1.165, 1.54) is 12.1 Å². The first-order chi connectivity index (χ1) is 8.37. The molecule has 2 N–H and O–H groups in total. The molecule has 2 nitrogen and oxygen atoms in total. The maximum atomic E-state index is 13.5. The lowest BCUT2D eigenvalue weighted by Crippen LogP contribution is -2.46. The van der Waals surface area contributed by atoms with Gasteiger partial charge in [-0.3, -0.25) is 0 Å². The van der Waals surface area contributed by atoms with Crippen molar-refractivity contribution in [1.82, 2.24) is 0 Å². The quantitative estimate of drug-likeness (QED) is 0.880. The molecule has 0 bridgehead atoms. The lowest BCUT2D eigenvalue weighted by molar-refractivity contribution is 0.0638. The summed E-state index contributed by atoms with van der Waals surface area (Å²) >= 11 is 0. The summed E-state index contributed by atoms with van der Waals surface area (Å²) in [6.07, 6.45) is 2.47. The zero-order valence-electron chi connectivity index (χ0n) is 10.7. The minimum absolute atomic E-state index is 0.0783. The van der Waals surface area contributed by atoms with E-state index < -0.39 is 11.6 Å². The highest BCUT2D eigenvalue weighted by molar-refractivity contribution is 5.25. The molecular formula is C14H19F2NO. The molecule has 100 valence electrons. The molecule has 1 saturated carbocycles. The number of halogens is 2. The Labute approximate surface area is 106 Å². The van der Waals surface area contributed by atoms with Crippen LogP contribution in [0.25, 0.3) is 0 Å². The molecule has 1 fully saturated rings. The van der Waals surface area contributed by atoms with Gasteiger partial charge in [-0.1, -0.05) is 13.8 Å². The molecule has 2 unspecified atom stereocenters. The van der Waals surface area contributed by atoms with Gasteiger partial charge in [0.15, 0.2) is 11.6 Å². The maximum Gasteiger partial charge on any atom is 0.167 e. The average molecular weight is 255 g/mol. The second kappa shape index (κ2) is 4.84. The molecule has 1 aromatic carbocycles. The van der Waals surface area contributed by atoms with Crippen LogP contribution in [0.1, 0.15) is 33.1 Å². The molecule has 0 radical (unpaired) electrons. The zero-order valence-corrected chi connectivity index (χ0v) is 10.7. The van der Waals surface area contributed by atoms with Crippen molar-refractivity contribution in [3.8, 4) is 5.75 Å². The summed E-state index contributed by atoms with van der Waals surface area (Å²) < 4.78 is 31.9. The van der Waals surface area contributed by atoms with E-state index in [2.05, 4.69) is 13.8 Å². The summed E-state index contributed by atoms with van der Waals surface area (Å²) in [5.74, 6) is -1.20. The molecule has 4 heteroatoms. The van der Waals surface area contributed by atoms with E-state index in [4.69, 9.17) is 10.5 Å². The largest absolute Gasteiger partial charge is 0.486 e. The molecule has 1 aliphatic rings. The third-order valence-electron chi connectivity index (χ3n) is 3.56. The number of benzene rings is 1. The van der Waals surface area contributed by atoms with Crippen LogP contribution < -0.4 is 10.5 Å². The van der Waals surface area contributed by atoms with E-state index in [0.29, 0.717) is 0 Å². The van der Waals surface area contributed by atoms with Gasteiger partial charge >= 0.3 is 0 Å². The first kappa shape index (κ1) is 13.3. The monoisotopic (exact) mass is 255 g/mol. The van der Waals surface area contributed by atoms with Crippen molar-refractivity contribution in [3.63, 3.8) is 0 Å². The van der Waals surface area contributed by atoms with Gasteiger partial charge in [-0.05, 0) is 36.8 Å². The number of hydrogen-bond acceptors (Lipinski definition) is 2. The molecule has 0 heterocycles. The van der Waals surface area contributed by atoms with Gasteiger partial charge < -0.3 is 10.5 Å². The minimum Gasteiger partial charge on any atom is -0.486 e. The van der Waals surface area contributed by atoms with Gasteiger partial charge in [0.25, 0.3) is 0 Å². The van der Waals surface area contributed by atoms with Crippen LogP contribution in [0.3, 0.4) is 0 Å². The summed E-state index contributed by atoms with van der Waals surface area (Å²) in [7, 11) is 0. The Morgan fingerprint density at radius 1 is 1.33 bits per heavy atom. The summed E-state index contributed by atoms with van der Waals surface area (Å²) in [5.41, 5.74) is 6.16. The van der Waals surface area contributed by atoms with Crippen molar-refractivity contribution >= 4 is 0 Å². The lowest BCUT2D eigenvalue weighted by Gasteiger charge is -2.39. The van der Waals surface area contributed by atoms with Crippen LogP contribution in [-0.2, 0) is 0 Å². The van der Waals surface area contributed by atoms with Gasteiger partial charge in [-0.15, -0.1) is 0 Å². The molecule has 18 heavy (non-hydrogen) atoms. The summed E-state index contributed by atoms with van der Waals surface area (Å²) in [5, 5.41) is 0. The highest BCUT2D eigenvalue weighted by Crippen LogP contribution is 2.36. The van der Waals surface area contributed by atoms with Gasteiger partial charge in [0.1, 0.15) is 11.9 Å². The number of hydrogen-bond donors (Lipinski definition) is 1. The normalized spacial score (nSPS) is 26.9. The summed E-state index contributed by atoms with van der Waals surface area (Å²) in [6, 6.07) is 3.24. The lowest BCUT2D eigenvalue weighted by atomic mass is 9.74. The Morgan fingerprint density at radius 3 is 2.72 bits per heavy atom. The summed E-state index contributed by atoms with van der Waals surface area (Å²) in [4.78, 5) is 0. The Bertz CT molecular complexity index is 434. The first-order valence-corrected chi connectivity index (χ1v) is 6.25. The van der Waals surface area contributed by atoms with E-state index in [0.717, 1.165) is 25.3 Å². The van der Waals surface area contributed by atoms with Crippen LogP contribution in [0.4, 0.5) is 8.78 Å². The SMILES string of the molecule is CC1(C)CCC(N)C(Oc2ccc(F)cc2F)C1. The van der Waals surface area contributed by atoms with Gasteiger partial charge in [-0.25, -0.2) is 8.78 Å². The van der Waals surface area contributed by atoms with Crippen LogP contribution in [0, 0.1) is 17.0 Å². The van der Waals surface area contributed by atoms with Crippen LogP contribution in [0.15, 0.2) is 18.2 Å². The Balaban J connectivity index is 2.12. The molecule has 0 saturated heterocycles. The van der Waals surface area contributed by atoms with Crippen molar-refractivity contribution < 1.29 is 13.5 Å². The fourth-order valence-corrected chi connectivity index (χ4v) is 2.40. The van der Waals surface area contributed by atoms with Gasteiger partial charge in [0.2, 0.25) is 0 Å². The first-order valence-electron chi connectivity index (χ1n) is 6.25. The molecule has 0 amide bonds. The fourth-order valence-electron chi connectivity index (χ4n) is 2.40. The Morgan fingerprint density at radius 2 is 2.06 bits per heavy atom. The number of nitrogens with two attached hydrogens (primary N) is 1. The van der Waals surface area contributed by atoms with E-state index >= 15 is 0 Å². The van der Waals surface area contributed by atoms with Gasteiger partial charge in [0.05, 0.1) is 0 Å². The van der Waals surface area contributed by atoms with Crippen LogP contribution in [0.2, 0.25) is 0 Å². The van der Waals surface area contributed by atoms with Gasteiger partial charge in [0, 0.05) is 12.1 Å². The predicted octanol–water partition coefficient (Wildman–Crippen LogP) is 3.25. The topological polar surface area (TPSA) is 35.2 Å². The molecular weight excluding hydrogens is 236 g/mol. The average Bonchev–Trinajstić information content (AvgIpc) is 2.27. The number of rotatable bonds is 2. The molecule has 2 rings (SSSR count). The smallest absolute Gasteiger partial charge is 0.167 e. The molecule has 1 aliphatic carbocycles. The van der Waals surface area contributed by atoms with Crippen molar-refractivity contribution in [3.05, 3.63) is 29.8 Å². The van der Waals surface area contributed by atoms with Crippen molar-refractivity contribution in [2.24, 2.45) is 11.1 Å². The summed E-state index contributed by atoms with van der Waals surface area (Å²) in [6.45, 7) is 4.30. The van der Waals surface area contributed by atoms with Gasteiger partial charge in [-0.2, -0.15) is 0 Å². The molecule has 0 aromatic heterocycles. The third kappa shape index (κ3) is 2.99. The van der Waals surface area contributed by atoms with Crippen LogP contribution in [-0.4, -0.2) is 12.1 Å². The van der Waals surface area contributed by atoms with Crippen molar-refractivity contribution in [1.29, 1.82) is 0 Å². The predicted molar refractivity (Wildman–Crippen MR) is 66.4 cm³/mol. The van der Waals surface area contributed by atoms with E-state index in [1.54, 1.807) is 0 Å². The highest BCUT2D eigenvalue weighted by atomic mass is 19.1. The van der Waals surface area contributed by atoms with E-state index in [-0.39, 0.29) is 23.3 Å². The molecule has 1 aromatic rings. The second-order valence-electron chi connectivity index (χ2n) is 5.80. The maximum absolute atomic E-state index is 13.5. The van der Waals surface area contributed by atoms with Crippen molar-refractivity contribution in [2.45, 2.75) is 45.3 Å². The van der Waals surface area contributed by atoms with Crippen LogP contribution >= 0.6 is 0 Å². The highest BCUT2D eigenvalue weighted by Gasteiger charge is 2.34.